The number of methoxy groups -OCH3 is 1. The standard InChI is InChI=1S/C11H15FO3/c1-14-6-7-15-11-8-10(12)3-2-9(11)4-5-13/h2-3,8,13H,4-7H2,1H3. The van der Waals surface area contributed by atoms with Crippen LogP contribution in [0, 0.1) is 5.82 Å². The number of aliphatic hydroxyl groups excluding tert-OH is 1. The molecule has 1 aromatic rings. The molecule has 0 saturated carbocycles. The average Bonchev–Trinajstić information content (AvgIpc) is 2.22. The highest BCUT2D eigenvalue weighted by atomic mass is 19.1. The molecule has 0 fully saturated rings. The SMILES string of the molecule is COCCOc1cc(F)ccc1CCO. The minimum Gasteiger partial charge on any atom is -0.491 e. The van der Waals surface area contributed by atoms with Crippen LogP contribution in [-0.4, -0.2) is 32.0 Å². The highest BCUT2D eigenvalue weighted by Gasteiger charge is 2.04. The molecule has 15 heavy (non-hydrogen) atoms. The number of halogens is 1. The fraction of sp³-hybridized carbons (Fsp3) is 0.455. The summed E-state index contributed by atoms with van der Waals surface area (Å²) in [4.78, 5) is 0. The number of rotatable bonds is 6. The Balaban J connectivity index is 2.68. The molecule has 1 rings (SSSR count). The van der Waals surface area contributed by atoms with Crippen LogP contribution in [0.25, 0.3) is 0 Å². The van der Waals surface area contributed by atoms with Gasteiger partial charge in [-0.2, -0.15) is 0 Å². The van der Waals surface area contributed by atoms with E-state index in [1.807, 2.05) is 0 Å². The summed E-state index contributed by atoms with van der Waals surface area (Å²) in [5, 5.41) is 8.81. The maximum Gasteiger partial charge on any atom is 0.126 e. The largest absolute Gasteiger partial charge is 0.491 e. The fourth-order valence-corrected chi connectivity index (χ4v) is 1.22. The Hall–Kier alpha value is -1.13. The van der Waals surface area contributed by atoms with E-state index in [0.717, 1.165) is 5.56 Å². The van der Waals surface area contributed by atoms with Crippen LogP contribution in [0.3, 0.4) is 0 Å². The Labute approximate surface area is 88.4 Å². The fourth-order valence-electron chi connectivity index (χ4n) is 1.22. The molecule has 0 unspecified atom stereocenters. The van der Waals surface area contributed by atoms with Crippen LogP contribution in [0.15, 0.2) is 18.2 Å². The molecule has 84 valence electrons. The van der Waals surface area contributed by atoms with Crippen molar-refractivity contribution in [2.24, 2.45) is 0 Å². The van der Waals surface area contributed by atoms with E-state index in [-0.39, 0.29) is 12.4 Å². The first-order valence-corrected chi connectivity index (χ1v) is 4.79. The smallest absolute Gasteiger partial charge is 0.126 e. The van der Waals surface area contributed by atoms with Gasteiger partial charge in [-0.1, -0.05) is 6.07 Å². The molecule has 0 aromatic heterocycles. The molecular formula is C11H15FO3. The van der Waals surface area contributed by atoms with Gasteiger partial charge < -0.3 is 14.6 Å². The van der Waals surface area contributed by atoms with E-state index in [1.165, 1.54) is 12.1 Å². The molecule has 0 saturated heterocycles. The zero-order chi connectivity index (χ0) is 11.1. The summed E-state index contributed by atoms with van der Waals surface area (Å²) in [6.07, 6.45) is 0.461. The lowest BCUT2D eigenvalue weighted by molar-refractivity contribution is 0.145. The average molecular weight is 214 g/mol. The van der Waals surface area contributed by atoms with Gasteiger partial charge in [-0.25, -0.2) is 4.39 Å². The van der Waals surface area contributed by atoms with Crippen molar-refractivity contribution in [3.63, 3.8) is 0 Å². The minimum atomic E-state index is -0.343. The normalized spacial score (nSPS) is 10.3. The summed E-state index contributed by atoms with van der Waals surface area (Å²) >= 11 is 0. The maximum atomic E-state index is 12.9. The van der Waals surface area contributed by atoms with Crippen LogP contribution >= 0.6 is 0 Å². The van der Waals surface area contributed by atoms with Crippen molar-refractivity contribution in [1.29, 1.82) is 0 Å². The van der Waals surface area contributed by atoms with Gasteiger partial charge in [0, 0.05) is 19.8 Å². The van der Waals surface area contributed by atoms with E-state index >= 15 is 0 Å². The van der Waals surface area contributed by atoms with Crippen molar-refractivity contribution < 1.29 is 19.0 Å². The number of hydrogen-bond donors (Lipinski definition) is 1. The lowest BCUT2D eigenvalue weighted by Crippen LogP contribution is -2.06. The topological polar surface area (TPSA) is 38.7 Å². The molecule has 0 heterocycles. The minimum absolute atomic E-state index is 0.0201. The Kier molecular flexibility index (Phi) is 5.07. The molecule has 4 heteroatoms. The van der Waals surface area contributed by atoms with E-state index in [0.29, 0.717) is 25.4 Å². The summed E-state index contributed by atoms with van der Waals surface area (Å²) in [7, 11) is 1.57. The molecule has 1 N–H and O–H groups in total. The number of benzene rings is 1. The first-order chi connectivity index (χ1) is 7.27. The van der Waals surface area contributed by atoms with Crippen molar-refractivity contribution in [1.82, 2.24) is 0 Å². The van der Waals surface area contributed by atoms with Gasteiger partial charge in [0.1, 0.15) is 18.2 Å². The predicted molar refractivity (Wildman–Crippen MR) is 54.6 cm³/mol. The molecule has 1 aromatic carbocycles. The van der Waals surface area contributed by atoms with Gasteiger partial charge in [-0.15, -0.1) is 0 Å². The second-order valence-electron chi connectivity index (χ2n) is 3.07. The highest BCUT2D eigenvalue weighted by Crippen LogP contribution is 2.20. The van der Waals surface area contributed by atoms with Crippen LogP contribution in [0.5, 0.6) is 5.75 Å². The van der Waals surface area contributed by atoms with Crippen molar-refractivity contribution in [3.8, 4) is 5.75 Å². The second kappa shape index (κ2) is 6.37. The summed E-state index contributed by atoms with van der Waals surface area (Å²) < 4.78 is 23.1. The molecule has 0 bridgehead atoms. The quantitative estimate of drug-likeness (QED) is 0.727. The molecule has 0 aliphatic carbocycles. The third-order valence-electron chi connectivity index (χ3n) is 1.96. The Morgan fingerprint density at radius 1 is 1.33 bits per heavy atom. The summed E-state index contributed by atoms with van der Waals surface area (Å²) in [5.41, 5.74) is 0.801. The summed E-state index contributed by atoms with van der Waals surface area (Å²) in [6.45, 7) is 0.847. The van der Waals surface area contributed by atoms with E-state index in [9.17, 15) is 4.39 Å². The Bertz CT molecular complexity index is 302. The predicted octanol–water partition coefficient (Wildman–Crippen LogP) is 1.39. The van der Waals surface area contributed by atoms with E-state index in [2.05, 4.69) is 0 Å². The van der Waals surface area contributed by atoms with Crippen molar-refractivity contribution >= 4 is 0 Å². The van der Waals surface area contributed by atoms with E-state index in [4.69, 9.17) is 14.6 Å². The number of ether oxygens (including phenoxy) is 2. The van der Waals surface area contributed by atoms with Gasteiger partial charge in [0.05, 0.1) is 6.61 Å². The molecule has 3 nitrogen and oxygen atoms in total. The Morgan fingerprint density at radius 2 is 2.13 bits per heavy atom. The maximum absolute atomic E-state index is 12.9. The van der Waals surface area contributed by atoms with Gasteiger partial charge in [0.2, 0.25) is 0 Å². The van der Waals surface area contributed by atoms with Gasteiger partial charge in [-0.3, -0.25) is 0 Å². The summed E-state index contributed by atoms with van der Waals surface area (Å²) in [5.74, 6) is 0.130. The van der Waals surface area contributed by atoms with Gasteiger partial charge >= 0.3 is 0 Å². The molecule has 0 radical (unpaired) electrons. The van der Waals surface area contributed by atoms with Gasteiger partial charge in [0.15, 0.2) is 0 Å². The van der Waals surface area contributed by atoms with Crippen LogP contribution < -0.4 is 4.74 Å². The molecule has 0 aliphatic heterocycles. The molecule has 0 aliphatic rings. The number of hydrogen-bond acceptors (Lipinski definition) is 3. The van der Waals surface area contributed by atoms with Crippen molar-refractivity contribution in [3.05, 3.63) is 29.6 Å². The molecule has 0 atom stereocenters. The molecule has 0 spiro atoms. The Morgan fingerprint density at radius 3 is 2.80 bits per heavy atom. The van der Waals surface area contributed by atoms with Crippen LogP contribution in [0.2, 0.25) is 0 Å². The summed E-state index contributed by atoms with van der Waals surface area (Å²) in [6, 6.07) is 4.29. The zero-order valence-corrected chi connectivity index (χ0v) is 8.70. The first kappa shape index (κ1) is 11.9. The monoisotopic (exact) mass is 214 g/mol. The van der Waals surface area contributed by atoms with Crippen LogP contribution in [-0.2, 0) is 11.2 Å². The number of aliphatic hydroxyl groups is 1. The lowest BCUT2D eigenvalue weighted by Gasteiger charge is -2.10. The molecular weight excluding hydrogens is 199 g/mol. The lowest BCUT2D eigenvalue weighted by atomic mass is 10.1. The highest BCUT2D eigenvalue weighted by molar-refractivity contribution is 5.34. The third kappa shape index (κ3) is 3.85. The van der Waals surface area contributed by atoms with Crippen molar-refractivity contribution in [2.75, 3.05) is 26.9 Å². The van der Waals surface area contributed by atoms with Gasteiger partial charge in [0.25, 0.3) is 0 Å². The third-order valence-corrected chi connectivity index (χ3v) is 1.96. The van der Waals surface area contributed by atoms with Crippen molar-refractivity contribution in [2.45, 2.75) is 6.42 Å². The first-order valence-electron chi connectivity index (χ1n) is 4.79. The van der Waals surface area contributed by atoms with Gasteiger partial charge in [-0.05, 0) is 18.1 Å². The van der Waals surface area contributed by atoms with Crippen LogP contribution in [0.1, 0.15) is 5.56 Å². The van der Waals surface area contributed by atoms with Crippen LogP contribution in [0.4, 0.5) is 4.39 Å². The van der Waals surface area contributed by atoms with E-state index < -0.39 is 0 Å². The molecule has 0 amide bonds. The zero-order valence-electron chi connectivity index (χ0n) is 8.70. The second-order valence-corrected chi connectivity index (χ2v) is 3.07. The van der Waals surface area contributed by atoms with E-state index in [1.54, 1.807) is 13.2 Å².